The molecular weight excluding hydrogens is 344 g/mol. The lowest BCUT2D eigenvalue weighted by Crippen LogP contribution is -2.11. The second kappa shape index (κ2) is 5.97. The summed E-state index contributed by atoms with van der Waals surface area (Å²) in [4.78, 5) is 12.3. The molecule has 6 nitrogen and oxygen atoms in total. The van der Waals surface area contributed by atoms with Crippen LogP contribution in [0.1, 0.15) is 40.4 Å². The molecule has 0 unspecified atom stereocenters. The molecule has 24 heavy (non-hydrogen) atoms. The second-order valence-corrected chi connectivity index (χ2v) is 7.50. The van der Waals surface area contributed by atoms with Crippen LogP contribution >= 0.6 is 0 Å². The van der Waals surface area contributed by atoms with Gasteiger partial charge in [0.15, 0.2) is 21.4 Å². The van der Waals surface area contributed by atoms with Crippen molar-refractivity contribution in [3.8, 4) is 5.75 Å². The van der Waals surface area contributed by atoms with Crippen molar-refractivity contribution in [2.75, 3.05) is 6.26 Å². The molecule has 0 N–H and O–H groups in total. The summed E-state index contributed by atoms with van der Waals surface area (Å²) in [6, 6.07) is 3.19. The van der Waals surface area contributed by atoms with Gasteiger partial charge in [0, 0.05) is 17.7 Å². The Kier molecular flexibility index (Phi) is 4.12. The molecule has 1 aromatic carbocycles. The minimum atomic E-state index is -3.84. The maximum atomic E-state index is 12.7. The Hall–Kier alpha value is -2.29. The Morgan fingerprint density at radius 3 is 2.62 bits per heavy atom. The van der Waals surface area contributed by atoms with E-state index in [2.05, 4.69) is 9.89 Å². The predicted octanol–water partition coefficient (Wildman–Crippen LogP) is 2.79. The summed E-state index contributed by atoms with van der Waals surface area (Å²) in [5, 5.41) is 3.61. The molecule has 0 radical (unpaired) electrons. The van der Waals surface area contributed by atoms with E-state index in [-0.39, 0.29) is 27.7 Å². The second-order valence-electron chi connectivity index (χ2n) is 5.52. The van der Waals surface area contributed by atoms with Crippen molar-refractivity contribution < 1.29 is 31.3 Å². The zero-order valence-corrected chi connectivity index (χ0v) is 13.3. The van der Waals surface area contributed by atoms with Crippen molar-refractivity contribution in [1.82, 2.24) is 5.16 Å². The van der Waals surface area contributed by atoms with E-state index in [0.29, 0.717) is 5.76 Å². The number of rotatable bonds is 6. The summed E-state index contributed by atoms with van der Waals surface area (Å²) in [6.07, 6.45) is 3.87. The van der Waals surface area contributed by atoms with Crippen LogP contribution < -0.4 is 4.74 Å². The molecule has 0 atom stereocenters. The van der Waals surface area contributed by atoms with Crippen molar-refractivity contribution in [3.05, 3.63) is 41.3 Å². The number of carbonyl (C=O) groups excluding carboxylic acids is 1. The topological polar surface area (TPSA) is 86.5 Å². The first-order valence-corrected chi connectivity index (χ1v) is 8.94. The number of sulfone groups is 1. The Labute approximate surface area is 136 Å². The first-order valence-electron chi connectivity index (χ1n) is 7.05. The molecule has 0 spiro atoms. The summed E-state index contributed by atoms with van der Waals surface area (Å²) < 4.78 is 57.9. The lowest BCUT2D eigenvalue weighted by atomic mass is 10.0. The molecule has 1 aliphatic rings. The van der Waals surface area contributed by atoms with Gasteiger partial charge in [0.1, 0.15) is 5.75 Å². The molecule has 0 saturated heterocycles. The average Bonchev–Trinajstić information content (AvgIpc) is 3.22. The number of hydrogen-bond donors (Lipinski definition) is 0. The van der Waals surface area contributed by atoms with Gasteiger partial charge in [-0.25, -0.2) is 8.42 Å². The molecule has 1 heterocycles. The van der Waals surface area contributed by atoms with Gasteiger partial charge in [-0.15, -0.1) is 0 Å². The number of alkyl halides is 2. The summed E-state index contributed by atoms with van der Waals surface area (Å²) in [5.74, 6) is -0.390. The van der Waals surface area contributed by atoms with Crippen molar-refractivity contribution in [2.45, 2.75) is 30.3 Å². The van der Waals surface area contributed by atoms with Crippen LogP contribution in [0.25, 0.3) is 0 Å². The van der Waals surface area contributed by atoms with Crippen molar-refractivity contribution in [2.24, 2.45) is 0 Å². The van der Waals surface area contributed by atoms with Crippen LogP contribution in [0, 0.1) is 0 Å². The quantitative estimate of drug-likeness (QED) is 0.739. The van der Waals surface area contributed by atoms with Crippen molar-refractivity contribution >= 4 is 15.6 Å². The highest BCUT2D eigenvalue weighted by Gasteiger charge is 2.34. The summed E-state index contributed by atoms with van der Waals surface area (Å²) in [6.45, 7) is -3.10. The lowest BCUT2D eigenvalue weighted by molar-refractivity contribution is -0.0500. The van der Waals surface area contributed by atoms with E-state index in [9.17, 15) is 22.0 Å². The zero-order chi connectivity index (χ0) is 17.5. The normalized spacial score (nSPS) is 14.8. The van der Waals surface area contributed by atoms with E-state index in [1.54, 1.807) is 0 Å². The van der Waals surface area contributed by atoms with Crippen molar-refractivity contribution in [3.63, 3.8) is 0 Å². The van der Waals surface area contributed by atoms with Gasteiger partial charge in [0.25, 0.3) is 0 Å². The highest BCUT2D eigenvalue weighted by atomic mass is 32.2. The Bertz CT molecular complexity index is 887. The molecule has 9 heteroatoms. The van der Waals surface area contributed by atoms with Crippen LogP contribution in [0.15, 0.2) is 33.8 Å². The van der Waals surface area contributed by atoms with E-state index in [1.807, 2.05) is 0 Å². The highest BCUT2D eigenvalue weighted by Crippen LogP contribution is 2.42. The number of carbonyl (C=O) groups is 1. The molecule has 1 aliphatic carbocycles. The molecule has 1 aromatic heterocycles. The first-order chi connectivity index (χ1) is 11.3. The molecule has 0 amide bonds. The first kappa shape index (κ1) is 16.6. The number of hydrogen-bond acceptors (Lipinski definition) is 6. The molecular formula is C15H13F2NO5S. The summed E-state index contributed by atoms with van der Waals surface area (Å²) in [5.41, 5.74) is 0.0501. The van der Waals surface area contributed by atoms with Crippen molar-refractivity contribution in [1.29, 1.82) is 0 Å². The lowest BCUT2D eigenvalue weighted by Gasteiger charge is -2.10. The molecule has 1 saturated carbocycles. The number of ketones is 1. The molecule has 0 bridgehead atoms. The fourth-order valence-corrected chi connectivity index (χ4v) is 3.27. The SMILES string of the molecule is CS(=O)(=O)c1cc(OC(F)F)ccc1C(=O)c1cnoc1C1CC1. The fourth-order valence-electron chi connectivity index (χ4n) is 2.38. The van der Waals surface area contributed by atoms with Gasteiger partial charge in [-0.1, -0.05) is 5.16 Å². The molecule has 128 valence electrons. The van der Waals surface area contributed by atoms with Gasteiger partial charge in [0.2, 0.25) is 0 Å². The average molecular weight is 357 g/mol. The minimum Gasteiger partial charge on any atom is -0.435 e. The van der Waals surface area contributed by atoms with Crippen LogP contribution in [-0.4, -0.2) is 32.2 Å². The van der Waals surface area contributed by atoms with Gasteiger partial charge in [0.05, 0.1) is 16.7 Å². The smallest absolute Gasteiger partial charge is 0.387 e. The van der Waals surface area contributed by atoms with Gasteiger partial charge >= 0.3 is 6.61 Å². The third-order valence-electron chi connectivity index (χ3n) is 3.61. The Morgan fingerprint density at radius 2 is 2.04 bits per heavy atom. The van der Waals surface area contributed by atoms with Crippen LogP contribution in [0.3, 0.4) is 0 Å². The van der Waals surface area contributed by atoms with Crippen LogP contribution in [-0.2, 0) is 9.84 Å². The fraction of sp³-hybridized carbons (Fsp3) is 0.333. The molecule has 3 rings (SSSR count). The minimum absolute atomic E-state index is 0.106. The standard InChI is InChI=1S/C15H13F2NO5S/c1-24(20,21)12-6-9(22-15(16)17)4-5-10(12)13(19)11-7-18-23-14(11)8-2-3-8/h4-8,15H,2-3H2,1H3. The van der Waals surface area contributed by atoms with E-state index >= 15 is 0 Å². The van der Waals surface area contributed by atoms with Crippen LogP contribution in [0.5, 0.6) is 5.75 Å². The largest absolute Gasteiger partial charge is 0.435 e. The zero-order valence-electron chi connectivity index (χ0n) is 12.5. The van der Waals surface area contributed by atoms with Crippen LogP contribution in [0.2, 0.25) is 0 Å². The van der Waals surface area contributed by atoms with E-state index in [4.69, 9.17) is 4.52 Å². The van der Waals surface area contributed by atoms with Gasteiger partial charge in [-0.3, -0.25) is 4.79 Å². The predicted molar refractivity (Wildman–Crippen MR) is 78.1 cm³/mol. The number of benzene rings is 1. The highest BCUT2D eigenvalue weighted by molar-refractivity contribution is 7.90. The molecule has 0 aliphatic heterocycles. The van der Waals surface area contributed by atoms with E-state index < -0.39 is 22.2 Å². The number of ether oxygens (including phenoxy) is 1. The number of halogens is 2. The van der Waals surface area contributed by atoms with Crippen LogP contribution in [0.4, 0.5) is 8.78 Å². The summed E-state index contributed by atoms with van der Waals surface area (Å²) in [7, 11) is -3.84. The Balaban J connectivity index is 2.06. The maximum Gasteiger partial charge on any atom is 0.387 e. The maximum absolute atomic E-state index is 12.7. The number of nitrogens with zero attached hydrogens (tertiary/aromatic N) is 1. The third-order valence-corrected chi connectivity index (χ3v) is 4.75. The van der Waals surface area contributed by atoms with Gasteiger partial charge in [-0.2, -0.15) is 8.78 Å². The van der Waals surface area contributed by atoms with Gasteiger partial charge < -0.3 is 9.26 Å². The molecule has 2 aromatic rings. The Morgan fingerprint density at radius 1 is 1.33 bits per heavy atom. The monoisotopic (exact) mass is 357 g/mol. The van der Waals surface area contributed by atoms with E-state index in [1.165, 1.54) is 6.20 Å². The third kappa shape index (κ3) is 3.30. The summed E-state index contributed by atoms with van der Waals surface area (Å²) >= 11 is 0. The molecule has 1 fully saturated rings. The van der Waals surface area contributed by atoms with Gasteiger partial charge in [-0.05, 0) is 31.0 Å². The van der Waals surface area contributed by atoms with E-state index in [0.717, 1.165) is 37.3 Å². The number of aromatic nitrogens is 1.